The second-order valence-electron chi connectivity index (χ2n) is 7.88. The fraction of sp³-hybridized carbons (Fsp3) is 0.217. The lowest BCUT2D eigenvalue weighted by atomic mass is 9.88. The summed E-state index contributed by atoms with van der Waals surface area (Å²) in [6, 6.07) is 8.46. The van der Waals surface area contributed by atoms with Crippen molar-refractivity contribution in [2.45, 2.75) is 19.4 Å². The van der Waals surface area contributed by atoms with E-state index in [1.54, 1.807) is 25.2 Å². The van der Waals surface area contributed by atoms with E-state index in [1.165, 1.54) is 22.9 Å². The lowest BCUT2D eigenvalue weighted by molar-refractivity contribution is 0.0782. The highest BCUT2D eigenvalue weighted by Gasteiger charge is 2.27. The average molecular weight is 414 g/mol. The van der Waals surface area contributed by atoms with E-state index in [0.29, 0.717) is 33.7 Å². The van der Waals surface area contributed by atoms with Gasteiger partial charge in [0.25, 0.3) is 5.91 Å². The molecule has 1 aliphatic heterocycles. The number of benzene rings is 1. The van der Waals surface area contributed by atoms with E-state index in [9.17, 15) is 14.4 Å². The lowest BCUT2D eigenvalue weighted by Gasteiger charge is -2.22. The Morgan fingerprint density at radius 1 is 1.26 bits per heavy atom. The molecule has 8 heteroatoms. The Kier molecular flexibility index (Phi) is 4.15. The highest BCUT2D eigenvalue weighted by Crippen LogP contribution is 2.36. The fourth-order valence-electron chi connectivity index (χ4n) is 4.40. The number of pyridine rings is 1. The second-order valence-corrected chi connectivity index (χ2v) is 7.88. The number of nitriles is 1. The van der Waals surface area contributed by atoms with E-state index in [4.69, 9.17) is 0 Å². The zero-order valence-electron chi connectivity index (χ0n) is 17.3. The molecule has 5 rings (SSSR count). The third-order valence-electron chi connectivity index (χ3n) is 5.99. The summed E-state index contributed by atoms with van der Waals surface area (Å²) in [5.74, 6) is -0.874. The average Bonchev–Trinajstić information content (AvgIpc) is 3.31. The van der Waals surface area contributed by atoms with Crippen molar-refractivity contribution in [3.05, 3.63) is 70.6 Å². The Labute approximate surface area is 177 Å². The van der Waals surface area contributed by atoms with E-state index in [-0.39, 0.29) is 18.4 Å². The van der Waals surface area contributed by atoms with Gasteiger partial charge in [-0.05, 0) is 35.4 Å². The summed E-state index contributed by atoms with van der Waals surface area (Å²) < 4.78 is 15.7. The first-order chi connectivity index (χ1) is 14.9. The summed E-state index contributed by atoms with van der Waals surface area (Å²) in [6.45, 7) is 2.15. The molecular weight excluding hydrogens is 395 g/mol. The number of halogens is 1. The summed E-state index contributed by atoms with van der Waals surface area (Å²) in [5.41, 5.74) is 5.06. The third kappa shape index (κ3) is 2.81. The highest BCUT2D eigenvalue weighted by molar-refractivity contribution is 5.96. The molecule has 1 N–H and O–H groups in total. The van der Waals surface area contributed by atoms with Crippen LogP contribution >= 0.6 is 0 Å². The quantitative estimate of drug-likeness (QED) is 0.475. The fourth-order valence-corrected chi connectivity index (χ4v) is 4.40. The molecule has 1 aromatic carbocycles. The summed E-state index contributed by atoms with van der Waals surface area (Å²) in [7, 11) is 3.39. The Bertz CT molecular complexity index is 1410. The minimum absolute atomic E-state index is 0.201. The van der Waals surface area contributed by atoms with Crippen LogP contribution in [0.5, 0.6) is 0 Å². The van der Waals surface area contributed by atoms with Crippen LogP contribution in [-0.2, 0) is 13.6 Å². The van der Waals surface area contributed by atoms with E-state index in [1.807, 2.05) is 19.2 Å². The Hall–Kier alpha value is -3.99. The van der Waals surface area contributed by atoms with Crippen LogP contribution < -0.4 is 0 Å². The van der Waals surface area contributed by atoms with E-state index < -0.39 is 5.82 Å². The zero-order chi connectivity index (χ0) is 21.9. The van der Waals surface area contributed by atoms with E-state index in [2.05, 4.69) is 21.1 Å². The van der Waals surface area contributed by atoms with E-state index >= 15 is 0 Å². The van der Waals surface area contributed by atoms with Crippen LogP contribution in [0.2, 0.25) is 0 Å². The molecule has 2 bridgehead atoms. The zero-order valence-corrected chi connectivity index (χ0v) is 17.3. The van der Waals surface area contributed by atoms with E-state index in [0.717, 1.165) is 16.5 Å². The molecule has 154 valence electrons. The molecular formula is C23H19FN6O. The monoisotopic (exact) mass is 414 g/mol. The number of rotatable bonds is 0. The molecule has 1 unspecified atom stereocenters. The second kappa shape index (κ2) is 6.77. The van der Waals surface area contributed by atoms with Crippen molar-refractivity contribution in [3.63, 3.8) is 0 Å². The van der Waals surface area contributed by atoms with Crippen molar-refractivity contribution in [3.8, 4) is 17.2 Å². The summed E-state index contributed by atoms with van der Waals surface area (Å²) in [5, 5.41) is 15.1. The molecule has 1 aliphatic rings. The number of nitrogens with zero attached hydrogens (tertiary/aromatic N) is 5. The molecule has 3 aromatic heterocycles. The van der Waals surface area contributed by atoms with Gasteiger partial charge >= 0.3 is 0 Å². The molecule has 0 aliphatic carbocycles. The molecule has 31 heavy (non-hydrogen) atoms. The van der Waals surface area contributed by atoms with Crippen LogP contribution in [-0.4, -0.2) is 37.6 Å². The number of aryl methyl sites for hydroxylation is 1. The van der Waals surface area contributed by atoms with Crippen molar-refractivity contribution in [2.75, 3.05) is 7.05 Å². The number of hydrogen-bond donors (Lipinski definition) is 1. The van der Waals surface area contributed by atoms with Crippen molar-refractivity contribution in [1.29, 1.82) is 5.26 Å². The largest absolute Gasteiger partial charge is 0.346 e. The molecule has 4 heterocycles. The topological polar surface area (TPSA) is 90.6 Å². The van der Waals surface area contributed by atoms with Gasteiger partial charge in [0.15, 0.2) is 0 Å². The number of fused-ring (bicyclic) bond motifs is 4. The first kappa shape index (κ1) is 19.0. The molecule has 0 fully saturated rings. The van der Waals surface area contributed by atoms with Crippen molar-refractivity contribution < 1.29 is 9.18 Å². The van der Waals surface area contributed by atoms with Crippen molar-refractivity contribution in [1.82, 2.24) is 24.6 Å². The first-order valence-corrected chi connectivity index (χ1v) is 9.87. The summed E-state index contributed by atoms with van der Waals surface area (Å²) >= 11 is 0. The predicted octanol–water partition coefficient (Wildman–Crippen LogP) is 3.71. The molecule has 4 aromatic rings. The lowest BCUT2D eigenvalue weighted by Crippen LogP contribution is -2.28. The molecule has 7 nitrogen and oxygen atoms in total. The van der Waals surface area contributed by atoms with Gasteiger partial charge in [-0.1, -0.05) is 6.92 Å². The van der Waals surface area contributed by atoms with Crippen LogP contribution in [0.3, 0.4) is 0 Å². The van der Waals surface area contributed by atoms with Gasteiger partial charge < -0.3 is 9.88 Å². The minimum atomic E-state index is -0.391. The minimum Gasteiger partial charge on any atom is -0.346 e. The predicted molar refractivity (Wildman–Crippen MR) is 113 cm³/mol. The normalized spacial score (nSPS) is 15.9. The standard InChI is InChI=1S/C23H19FN6O/c1-12-16-7-14(24)4-5-15(16)23(31)29(2)11-19-21(20(8-25)30(3)28-19)13-6-17-18(12)10-27-22(17)26-9-13/h4-7,9-10,12H,11H2,1-3H3,(H,26,27). The number of nitrogens with one attached hydrogen (secondary N) is 1. The maximum absolute atomic E-state index is 14.2. The van der Waals surface area contributed by atoms with Crippen LogP contribution in [0.4, 0.5) is 4.39 Å². The van der Waals surface area contributed by atoms with Crippen molar-refractivity contribution in [2.24, 2.45) is 7.05 Å². The van der Waals surface area contributed by atoms with Crippen LogP contribution in [0.15, 0.2) is 36.7 Å². The number of aromatic nitrogens is 4. The van der Waals surface area contributed by atoms with Gasteiger partial charge in [0.1, 0.15) is 23.2 Å². The Balaban J connectivity index is 1.86. The molecule has 0 spiro atoms. The van der Waals surface area contributed by atoms with Crippen LogP contribution in [0.25, 0.3) is 22.2 Å². The Morgan fingerprint density at radius 3 is 2.84 bits per heavy atom. The number of hydrogen-bond acceptors (Lipinski definition) is 4. The molecule has 0 saturated heterocycles. The number of amides is 1. The molecule has 1 atom stereocenters. The van der Waals surface area contributed by atoms with Gasteiger partial charge in [0, 0.05) is 54.5 Å². The van der Waals surface area contributed by atoms with Crippen LogP contribution in [0.1, 0.15) is 45.7 Å². The van der Waals surface area contributed by atoms with Gasteiger partial charge in [-0.25, -0.2) is 9.37 Å². The first-order valence-electron chi connectivity index (χ1n) is 9.87. The smallest absolute Gasteiger partial charge is 0.254 e. The van der Waals surface area contributed by atoms with Gasteiger partial charge in [0.05, 0.1) is 12.2 Å². The molecule has 1 amide bonds. The number of H-pyrrole nitrogens is 1. The number of carbonyl (C=O) groups is 1. The maximum Gasteiger partial charge on any atom is 0.254 e. The molecule has 0 radical (unpaired) electrons. The number of carbonyl (C=O) groups excluding carboxylic acids is 1. The Morgan fingerprint density at radius 2 is 2.06 bits per heavy atom. The van der Waals surface area contributed by atoms with Gasteiger partial charge in [-0.2, -0.15) is 10.4 Å². The van der Waals surface area contributed by atoms with Gasteiger partial charge in [0.2, 0.25) is 0 Å². The van der Waals surface area contributed by atoms with Gasteiger partial charge in [-0.3, -0.25) is 9.48 Å². The summed E-state index contributed by atoms with van der Waals surface area (Å²) in [4.78, 5) is 22.6. The number of aromatic amines is 1. The molecule has 0 saturated carbocycles. The van der Waals surface area contributed by atoms with Crippen molar-refractivity contribution >= 4 is 16.9 Å². The van der Waals surface area contributed by atoms with Gasteiger partial charge in [-0.15, -0.1) is 0 Å². The third-order valence-corrected chi connectivity index (χ3v) is 5.99. The van der Waals surface area contributed by atoms with Crippen LogP contribution in [0, 0.1) is 17.1 Å². The summed E-state index contributed by atoms with van der Waals surface area (Å²) in [6.07, 6.45) is 3.55. The maximum atomic E-state index is 14.2. The SMILES string of the molecule is CC1c2cc(F)ccc2C(=O)N(C)Cc2nn(C)c(C#N)c2-c2cnc3[nH]cc1c3c2. The highest BCUT2D eigenvalue weighted by atomic mass is 19.1.